The molecule has 0 spiro atoms. The number of anilines is 1. The number of nitrogen functional groups attached to an aromatic ring is 1. The van der Waals surface area contributed by atoms with Gasteiger partial charge in [0.15, 0.2) is 0 Å². The molecular weight excluding hydrogens is 318 g/mol. The van der Waals surface area contributed by atoms with E-state index in [1.807, 2.05) is 7.05 Å². The molecule has 126 valence electrons. The quantitative estimate of drug-likeness (QED) is 0.812. The van der Waals surface area contributed by atoms with E-state index in [1.54, 1.807) is 13.2 Å². The maximum atomic E-state index is 12.7. The molecule has 7 heteroatoms. The summed E-state index contributed by atoms with van der Waals surface area (Å²) >= 11 is 6.17. The fourth-order valence-electron chi connectivity index (χ4n) is 3.26. The Kier molecular flexibility index (Phi) is 4.66. The van der Waals surface area contributed by atoms with Crippen molar-refractivity contribution in [1.82, 2.24) is 10.2 Å². The van der Waals surface area contributed by atoms with Crippen LogP contribution in [0.4, 0.5) is 5.69 Å². The second kappa shape index (κ2) is 6.55. The van der Waals surface area contributed by atoms with Crippen LogP contribution in [0.15, 0.2) is 6.07 Å². The van der Waals surface area contributed by atoms with E-state index in [-0.39, 0.29) is 18.1 Å². The zero-order chi connectivity index (χ0) is 16.6. The lowest BCUT2D eigenvalue weighted by Crippen LogP contribution is -2.53. The van der Waals surface area contributed by atoms with E-state index >= 15 is 0 Å². The fourth-order valence-corrected chi connectivity index (χ4v) is 3.48. The Balaban J connectivity index is 1.82. The van der Waals surface area contributed by atoms with E-state index in [0.29, 0.717) is 35.1 Å². The summed E-state index contributed by atoms with van der Waals surface area (Å²) in [5.74, 6) is 0.368. The Morgan fingerprint density at radius 2 is 2.35 bits per heavy atom. The van der Waals surface area contributed by atoms with Gasteiger partial charge in [0, 0.05) is 25.6 Å². The third-order valence-electron chi connectivity index (χ3n) is 4.60. The number of likely N-dealkylation sites (N-methyl/N-ethyl adjacent to an activating group) is 1. The molecular formula is C16H22ClN3O3. The highest BCUT2D eigenvalue weighted by atomic mass is 35.5. The van der Waals surface area contributed by atoms with Crippen molar-refractivity contribution in [1.29, 1.82) is 0 Å². The number of ether oxygens (including phenoxy) is 2. The number of hydrogen-bond acceptors (Lipinski definition) is 5. The van der Waals surface area contributed by atoms with Crippen molar-refractivity contribution in [2.45, 2.75) is 25.0 Å². The number of halogens is 1. The third kappa shape index (κ3) is 3.11. The van der Waals surface area contributed by atoms with Gasteiger partial charge in [0.1, 0.15) is 5.75 Å². The van der Waals surface area contributed by atoms with Gasteiger partial charge in [-0.2, -0.15) is 0 Å². The highest BCUT2D eigenvalue weighted by Crippen LogP contribution is 2.38. The summed E-state index contributed by atoms with van der Waals surface area (Å²) in [7, 11) is 3.72. The van der Waals surface area contributed by atoms with E-state index < -0.39 is 0 Å². The SMILES string of the molecule is CO[C@@H]1CN(C)CC[C@@H]1NC(=O)c1cc(Cl)c(N)c2c1OCC2. The molecule has 1 saturated heterocycles. The number of carbonyl (C=O) groups is 1. The maximum absolute atomic E-state index is 12.7. The Bertz CT molecular complexity index is 623. The first-order chi connectivity index (χ1) is 11.0. The standard InChI is InChI=1S/C16H22ClN3O3/c1-20-5-3-12(13(8-20)22-2)19-16(21)10-7-11(17)14(18)9-4-6-23-15(9)10/h7,12-13H,3-6,8,18H2,1-2H3,(H,19,21)/t12-,13+/m0/s1. The third-order valence-corrected chi connectivity index (χ3v) is 4.91. The molecule has 1 amide bonds. The molecule has 0 aliphatic carbocycles. The molecule has 0 unspecified atom stereocenters. The van der Waals surface area contributed by atoms with Crippen LogP contribution in [0.25, 0.3) is 0 Å². The van der Waals surface area contributed by atoms with Crippen LogP contribution in [0.2, 0.25) is 5.02 Å². The van der Waals surface area contributed by atoms with Gasteiger partial charge in [0.05, 0.1) is 35.0 Å². The molecule has 0 radical (unpaired) electrons. The topological polar surface area (TPSA) is 76.8 Å². The number of nitrogens with zero attached hydrogens (tertiary/aromatic N) is 1. The fraction of sp³-hybridized carbons (Fsp3) is 0.562. The zero-order valence-electron chi connectivity index (χ0n) is 13.4. The molecule has 0 aromatic heterocycles. The van der Waals surface area contributed by atoms with Crippen molar-refractivity contribution in [3.05, 3.63) is 22.2 Å². The van der Waals surface area contributed by atoms with Crippen LogP contribution in [-0.2, 0) is 11.2 Å². The minimum Gasteiger partial charge on any atom is -0.492 e. The molecule has 2 aliphatic rings. The number of benzene rings is 1. The Morgan fingerprint density at radius 1 is 1.57 bits per heavy atom. The van der Waals surface area contributed by atoms with E-state index in [0.717, 1.165) is 25.1 Å². The van der Waals surface area contributed by atoms with Gasteiger partial charge in [-0.3, -0.25) is 4.79 Å². The Labute approximate surface area is 140 Å². The zero-order valence-corrected chi connectivity index (χ0v) is 14.2. The van der Waals surface area contributed by atoms with Crippen LogP contribution in [0.3, 0.4) is 0 Å². The lowest BCUT2D eigenvalue weighted by Gasteiger charge is -2.36. The van der Waals surface area contributed by atoms with Crippen molar-refractivity contribution < 1.29 is 14.3 Å². The monoisotopic (exact) mass is 339 g/mol. The summed E-state index contributed by atoms with van der Waals surface area (Å²) in [6, 6.07) is 1.56. The number of methoxy groups -OCH3 is 1. The van der Waals surface area contributed by atoms with Gasteiger partial charge in [0.25, 0.3) is 5.91 Å². The van der Waals surface area contributed by atoms with Crippen molar-refractivity contribution in [3.63, 3.8) is 0 Å². The first-order valence-corrected chi connectivity index (χ1v) is 8.15. The Morgan fingerprint density at radius 3 is 3.09 bits per heavy atom. The molecule has 2 heterocycles. The van der Waals surface area contributed by atoms with Crippen LogP contribution in [0, 0.1) is 0 Å². The molecule has 1 aromatic rings. The molecule has 2 aliphatic heterocycles. The number of carbonyl (C=O) groups excluding carboxylic acids is 1. The summed E-state index contributed by atoms with van der Waals surface area (Å²) in [5, 5.41) is 3.46. The molecule has 0 bridgehead atoms. The molecule has 23 heavy (non-hydrogen) atoms. The van der Waals surface area contributed by atoms with Gasteiger partial charge >= 0.3 is 0 Å². The van der Waals surface area contributed by atoms with Crippen LogP contribution < -0.4 is 15.8 Å². The smallest absolute Gasteiger partial charge is 0.255 e. The second-order valence-electron chi connectivity index (χ2n) is 6.13. The first-order valence-electron chi connectivity index (χ1n) is 7.77. The minimum absolute atomic E-state index is 0.0305. The van der Waals surface area contributed by atoms with Gasteiger partial charge in [-0.05, 0) is 26.1 Å². The number of likely N-dealkylation sites (tertiary alicyclic amines) is 1. The van der Waals surface area contributed by atoms with E-state index in [9.17, 15) is 4.79 Å². The van der Waals surface area contributed by atoms with Gasteiger partial charge in [0.2, 0.25) is 0 Å². The van der Waals surface area contributed by atoms with E-state index in [1.165, 1.54) is 0 Å². The summed E-state index contributed by atoms with van der Waals surface area (Å²) < 4.78 is 11.1. The molecule has 2 atom stereocenters. The summed E-state index contributed by atoms with van der Waals surface area (Å²) in [6.07, 6.45) is 1.49. The minimum atomic E-state index is -0.193. The van der Waals surface area contributed by atoms with Crippen LogP contribution in [0.1, 0.15) is 22.3 Å². The number of fused-ring (bicyclic) bond motifs is 1. The van der Waals surface area contributed by atoms with Crippen molar-refractivity contribution >= 4 is 23.2 Å². The lowest BCUT2D eigenvalue weighted by atomic mass is 10.0. The highest BCUT2D eigenvalue weighted by molar-refractivity contribution is 6.33. The van der Waals surface area contributed by atoms with Crippen molar-refractivity contribution in [3.8, 4) is 5.75 Å². The van der Waals surface area contributed by atoms with Crippen LogP contribution >= 0.6 is 11.6 Å². The molecule has 6 nitrogen and oxygen atoms in total. The number of rotatable bonds is 3. The van der Waals surface area contributed by atoms with Gasteiger partial charge < -0.3 is 25.4 Å². The first kappa shape index (κ1) is 16.4. The van der Waals surface area contributed by atoms with Crippen molar-refractivity contribution in [2.75, 3.05) is 39.6 Å². The average Bonchev–Trinajstić information content (AvgIpc) is 3.02. The number of nitrogens with one attached hydrogen (secondary N) is 1. The second-order valence-corrected chi connectivity index (χ2v) is 6.54. The molecule has 1 fully saturated rings. The maximum Gasteiger partial charge on any atom is 0.255 e. The summed E-state index contributed by atoms with van der Waals surface area (Å²) in [6.45, 7) is 2.23. The van der Waals surface area contributed by atoms with Crippen LogP contribution in [0.5, 0.6) is 5.75 Å². The van der Waals surface area contributed by atoms with E-state index in [4.69, 9.17) is 26.8 Å². The predicted molar refractivity (Wildman–Crippen MR) is 89.2 cm³/mol. The molecule has 3 rings (SSSR count). The average molecular weight is 340 g/mol. The molecule has 0 saturated carbocycles. The van der Waals surface area contributed by atoms with Crippen molar-refractivity contribution in [2.24, 2.45) is 0 Å². The van der Waals surface area contributed by atoms with E-state index in [2.05, 4.69) is 10.2 Å². The number of piperidine rings is 1. The van der Waals surface area contributed by atoms with Crippen LogP contribution in [-0.4, -0.2) is 56.8 Å². The predicted octanol–water partition coefficient (Wildman–Crippen LogP) is 1.31. The lowest BCUT2D eigenvalue weighted by molar-refractivity contribution is 0.0142. The number of nitrogens with two attached hydrogens (primary N) is 1. The summed E-state index contributed by atoms with van der Waals surface area (Å²) in [5.41, 5.74) is 7.76. The van der Waals surface area contributed by atoms with Gasteiger partial charge in [-0.1, -0.05) is 11.6 Å². The highest BCUT2D eigenvalue weighted by Gasteiger charge is 2.31. The molecule has 1 aromatic carbocycles. The Hall–Kier alpha value is -1.50. The largest absolute Gasteiger partial charge is 0.492 e. The molecule has 3 N–H and O–H groups in total. The normalized spacial score (nSPS) is 24.1. The number of hydrogen-bond donors (Lipinski definition) is 2. The number of amides is 1. The summed E-state index contributed by atoms with van der Waals surface area (Å²) in [4.78, 5) is 14.9. The van der Waals surface area contributed by atoms with Gasteiger partial charge in [-0.15, -0.1) is 0 Å². The van der Waals surface area contributed by atoms with Gasteiger partial charge in [-0.25, -0.2) is 0 Å².